The van der Waals surface area contributed by atoms with Crippen LogP contribution in [0.5, 0.6) is 0 Å². The molecule has 2 nitrogen and oxygen atoms in total. The molecule has 0 saturated carbocycles. The fraction of sp³-hybridized carbons (Fsp3) is 0.692. The molecule has 15 heavy (non-hydrogen) atoms. The van der Waals surface area contributed by atoms with Crippen LogP contribution >= 0.6 is 0 Å². The third-order valence-electron chi connectivity index (χ3n) is 3.45. The Bertz CT molecular complexity index is 289. The molecule has 0 aromatic heterocycles. The van der Waals surface area contributed by atoms with Gasteiger partial charge in [0.2, 0.25) is 0 Å². The first-order valence-corrected chi connectivity index (χ1v) is 6.23. The second-order valence-corrected chi connectivity index (χ2v) is 4.43. The van der Waals surface area contributed by atoms with Crippen LogP contribution in [0.25, 0.3) is 0 Å². The Balaban J connectivity index is 2.15. The van der Waals surface area contributed by atoms with Crippen LogP contribution in [-0.4, -0.2) is 18.5 Å². The Hall–Kier alpha value is -0.920. The number of hydrogen-bond acceptors (Lipinski definition) is 2. The van der Waals surface area contributed by atoms with Crippen LogP contribution in [0.3, 0.4) is 0 Å². The van der Waals surface area contributed by atoms with Crippen LogP contribution in [0, 0.1) is 0 Å². The maximum Gasteiger partial charge on any atom is 0.0370 e. The number of nitrogens with zero attached hydrogens (tertiary/aromatic N) is 1. The molecule has 2 aliphatic heterocycles. The van der Waals surface area contributed by atoms with Crippen molar-refractivity contribution in [3.63, 3.8) is 0 Å². The summed E-state index contributed by atoms with van der Waals surface area (Å²) in [6.07, 6.45) is 9.98. The van der Waals surface area contributed by atoms with Crippen LogP contribution in [-0.2, 0) is 0 Å². The van der Waals surface area contributed by atoms with Crippen molar-refractivity contribution >= 4 is 0 Å². The number of allylic oxidation sites excluding steroid dienone is 3. The van der Waals surface area contributed by atoms with E-state index in [1.54, 1.807) is 11.4 Å². The Labute approximate surface area is 93.0 Å². The van der Waals surface area contributed by atoms with Gasteiger partial charge in [-0.15, -0.1) is 0 Å². The van der Waals surface area contributed by atoms with Gasteiger partial charge < -0.3 is 10.2 Å². The number of rotatable bonds is 4. The summed E-state index contributed by atoms with van der Waals surface area (Å²) in [6, 6.07) is 0. The van der Waals surface area contributed by atoms with E-state index in [2.05, 4.69) is 23.2 Å². The van der Waals surface area contributed by atoms with E-state index in [4.69, 9.17) is 0 Å². The molecule has 1 N–H and O–H groups in total. The van der Waals surface area contributed by atoms with Crippen molar-refractivity contribution in [1.82, 2.24) is 10.2 Å². The zero-order valence-corrected chi connectivity index (χ0v) is 9.97. The quantitative estimate of drug-likeness (QED) is 0.760. The molecule has 0 amide bonds. The van der Waals surface area contributed by atoms with Crippen LogP contribution in [0.2, 0.25) is 0 Å². The molecule has 0 aliphatic carbocycles. The number of unbranched alkanes of at least 4 members (excludes halogenated alkanes) is 1. The summed E-state index contributed by atoms with van der Waals surface area (Å²) in [5.74, 6) is 0. The highest BCUT2D eigenvalue weighted by Gasteiger charge is 2.24. The minimum Gasteiger partial charge on any atom is -0.390 e. The monoisotopic (exact) mass is 206 g/mol. The SMILES string of the molecule is CCCCN1C2=CCC(NC)=C1CCC2. The Morgan fingerprint density at radius 3 is 3.00 bits per heavy atom. The summed E-state index contributed by atoms with van der Waals surface area (Å²) in [4.78, 5) is 2.56. The van der Waals surface area contributed by atoms with Crippen LogP contribution in [0.1, 0.15) is 45.4 Å². The van der Waals surface area contributed by atoms with E-state index in [0.717, 1.165) is 6.42 Å². The lowest BCUT2D eigenvalue weighted by Gasteiger charge is -2.38. The van der Waals surface area contributed by atoms with Crippen LogP contribution in [0.15, 0.2) is 23.2 Å². The Morgan fingerprint density at radius 1 is 1.40 bits per heavy atom. The normalized spacial score (nSPS) is 20.4. The highest BCUT2D eigenvalue weighted by molar-refractivity contribution is 5.28. The second kappa shape index (κ2) is 4.73. The van der Waals surface area contributed by atoms with Crippen molar-refractivity contribution in [2.75, 3.05) is 13.6 Å². The molecule has 2 heteroatoms. The zero-order valence-electron chi connectivity index (χ0n) is 9.97. The maximum absolute atomic E-state index is 3.36. The number of piperidine rings is 1. The molecule has 0 aromatic carbocycles. The average molecular weight is 206 g/mol. The molecule has 84 valence electrons. The third kappa shape index (κ3) is 2.04. The van der Waals surface area contributed by atoms with Gasteiger partial charge in [-0.2, -0.15) is 0 Å². The highest BCUT2D eigenvalue weighted by atomic mass is 15.2. The zero-order chi connectivity index (χ0) is 10.7. The van der Waals surface area contributed by atoms with Gasteiger partial charge in [-0.25, -0.2) is 0 Å². The molecule has 2 heterocycles. The minimum absolute atomic E-state index is 1.11. The molecular weight excluding hydrogens is 184 g/mol. The van der Waals surface area contributed by atoms with E-state index in [1.807, 2.05) is 7.05 Å². The molecule has 0 atom stereocenters. The van der Waals surface area contributed by atoms with Crippen molar-refractivity contribution in [3.8, 4) is 0 Å². The van der Waals surface area contributed by atoms with Crippen LogP contribution in [0.4, 0.5) is 0 Å². The van der Waals surface area contributed by atoms with Crippen molar-refractivity contribution in [1.29, 1.82) is 0 Å². The molecule has 1 fully saturated rings. The van der Waals surface area contributed by atoms with Crippen LogP contribution < -0.4 is 5.32 Å². The van der Waals surface area contributed by atoms with E-state index in [9.17, 15) is 0 Å². The molecule has 0 unspecified atom stereocenters. The van der Waals surface area contributed by atoms with Gasteiger partial charge in [0.05, 0.1) is 0 Å². The predicted octanol–water partition coefficient (Wildman–Crippen LogP) is 2.99. The molecule has 2 bridgehead atoms. The average Bonchev–Trinajstić information content (AvgIpc) is 2.26. The Morgan fingerprint density at radius 2 is 2.27 bits per heavy atom. The molecular formula is C13H22N2. The van der Waals surface area contributed by atoms with Gasteiger partial charge in [0.15, 0.2) is 0 Å². The van der Waals surface area contributed by atoms with E-state index in [1.165, 1.54) is 44.3 Å². The topological polar surface area (TPSA) is 15.3 Å². The van der Waals surface area contributed by atoms with Gasteiger partial charge in [-0.1, -0.05) is 19.4 Å². The lowest BCUT2D eigenvalue weighted by molar-refractivity contribution is 0.334. The summed E-state index contributed by atoms with van der Waals surface area (Å²) in [5, 5.41) is 3.36. The first-order valence-electron chi connectivity index (χ1n) is 6.23. The number of hydrogen-bond donors (Lipinski definition) is 1. The van der Waals surface area contributed by atoms with Crippen molar-refractivity contribution in [3.05, 3.63) is 23.2 Å². The largest absolute Gasteiger partial charge is 0.390 e. The van der Waals surface area contributed by atoms with Gasteiger partial charge in [-0.3, -0.25) is 0 Å². The maximum atomic E-state index is 3.36. The second-order valence-electron chi connectivity index (χ2n) is 4.43. The smallest absolute Gasteiger partial charge is 0.0370 e. The number of fused-ring (bicyclic) bond motifs is 2. The summed E-state index contributed by atoms with van der Waals surface area (Å²) in [6.45, 7) is 3.48. The standard InChI is InChI=1S/C13H22N2/c1-3-4-10-15-11-6-5-7-13(15)12(14-2)9-8-11/h8,14H,3-7,9-10H2,1-2H3. The highest BCUT2D eigenvalue weighted by Crippen LogP contribution is 2.35. The lowest BCUT2D eigenvalue weighted by Crippen LogP contribution is -2.33. The van der Waals surface area contributed by atoms with Gasteiger partial charge in [0, 0.05) is 37.1 Å². The molecule has 1 saturated heterocycles. The van der Waals surface area contributed by atoms with E-state index < -0.39 is 0 Å². The first-order chi connectivity index (χ1) is 7.36. The third-order valence-corrected chi connectivity index (χ3v) is 3.45. The number of nitrogens with one attached hydrogen (secondary N) is 1. The lowest BCUT2D eigenvalue weighted by atomic mass is 9.95. The van der Waals surface area contributed by atoms with Gasteiger partial charge in [-0.05, 0) is 25.7 Å². The molecule has 0 aromatic rings. The van der Waals surface area contributed by atoms with E-state index in [-0.39, 0.29) is 0 Å². The fourth-order valence-electron chi connectivity index (χ4n) is 2.59. The summed E-state index contributed by atoms with van der Waals surface area (Å²) < 4.78 is 0. The van der Waals surface area contributed by atoms with Crippen molar-refractivity contribution in [2.24, 2.45) is 0 Å². The van der Waals surface area contributed by atoms with E-state index in [0.29, 0.717) is 0 Å². The molecule has 2 rings (SSSR count). The molecule has 0 radical (unpaired) electrons. The summed E-state index contributed by atoms with van der Waals surface area (Å²) in [5.41, 5.74) is 4.58. The molecule has 0 spiro atoms. The van der Waals surface area contributed by atoms with Gasteiger partial charge in [0.1, 0.15) is 0 Å². The minimum atomic E-state index is 1.11. The molecule has 2 aliphatic rings. The van der Waals surface area contributed by atoms with Crippen molar-refractivity contribution in [2.45, 2.75) is 45.4 Å². The fourth-order valence-corrected chi connectivity index (χ4v) is 2.59. The first kappa shape index (κ1) is 10.6. The summed E-state index contributed by atoms with van der Waals surface area (Å²) >= 11 is 0. The van der Waals surface area contributed by atoms with Crippen molar-refractivity contribution < 1.29 is 0 Å². The van der Waals surface area contributed by atoms with Gasteiger partial charge in [0.25, 0.3) is 0 Å². The predicted molar refractivity (Wildman–Crippen MR) is 64.3 cm³/mol. The summed E-state index contributed by atoms with van der Waals surface area (Å²) in [7, 11) is 2.05. The Kier molecular flexibility index (Phi) is 3.34. The van der Waals surface area contributed by atoms with Gasteiger partial charge >= 0.3 is 0 Å². The van der Waals surface area contributed by atoms with E-state index >= 15 is 0 Å².